The van der Waals surface area contributed by atoms with Crippen LogP contribution in [0, 0.1) is 5.82 Å². The lowest BCUT2D eigenvalue weighted by molar-refractivity contribution is 0.485. The highest BCUT2D eigenvalue weighted by atomic mass is 79.9. The van der Waals surface area contributed by atoms with Gasteiger partial charge in [0.15, 0.2) is 0 Å². The van der Waals surface area contributed by atoms with Crippen molar-refractivity contribution in [1.82, 2.24) is 5.32 Å². The number of benzene rings is 1. The van der Waals surface area contributed by atoms with Gasteiger partial charge in [-0.05, 0) is 43.1 Å². The van der Waals surface area contributed by atoms with Crippen LogP contribution < -0.4 is 5.32 Å². The molecule has 0 spiro atoms. The topological polar surface area (TPSA) is 12.0 Å². The minimum absolute atomic E-state index is 0.152. The maximum Gasteiger partial charge on any atom is 0.123 e. The Balaban J connectivity index is 2.13. The van der Waals surface area contributed by atoms with Gasteiger partial charge in [0.1, 0.15) is 5.82 Å². The van der Waals surface area contributed by atoms with Gasteiger partial charge in [-0.1, -0.05) is 29.8 Å². The van der Waals surface area contributed by atoms with E-state index in [-0.39, 0.29) is 5.82 Å². The van der Waals surface area contributed by atoms with E-state index in [1.165, 1.54) is 17.6 Å². The van der Waals surface area contributed by atoms with Gasteiger partial charge in [-0.25, -0.2) is 4.39 Å². The van der Waals surface area contributed by atoms with E-state index in [0.717, 1.165) is 29.4 Å². The van der Waals surface area contributed by atoms with Crippen molar-refractivity contribution in [2.24, 2.45) is 0 Å². The van der Waals surface area contributed by atoms with Crippen LogP contribution in [0.4, 0.5) is 4.39 Å². The number of hydrogen-bond donors (Lipinski definition) is 1. The molecule has 21 heavy (non-hydrogen) atoms. The molecule has 3 atom stereocenters. The first-order valence-electron chi connectivity index (χ1n) is 7.52. The van der Waals surface area contributed by atoms with Gasteiger partial charge in [0.25, 0.3) is 0 Å². The normalized spacial score (nSPS) is 24.0. The average molecular weight is 392 g/mol. The van der Waals surface area contributed by atoms with E-state index in [4.69, 9.17) is 0 Å². The maximum atomic E-state index is 13.5. The molecule has 0 aliphatic carbocycles. The smallest absolute Gasteiger partial charge is 0.123 e. The molecule has 0 aromatic heterocycles. The maximum absolute atomic E-state index is 13.5. The summed E-state index contributed by atoms with van der Waals surface area (Å²) in [6, 6.07) is 5.38. The molecular formula is C16H23BrFNS2. The van der Waals surface area contributed by atoms with Crippen LogP contribution in [-0.4, -0.2) is 34.6 Å². The molecule has 1 aromatic carbocycles. The van der Waals surface area contributed by atoms with Crippen molar-refractivity contribution in [3.8, 4) is 0 Å². The Hall–Kier alpha value is 0.290. The Labute approximate surface area is 144 Å². The largest absolute Gasteiger partial charge is 0.313 e. The van der Waals surface area contributed by atoms with Crippen molar-refractivity contribution in [2.45, 2.75) is 43.2 Å². The molecular weight excluding hydrogens is 369 g/mol. The zero-order valence-corrected chi connectivity index (χ0v) is 15.8. The monoisotopic (exact) mass is 391 g/mol. The van der Waals surface area contributed by atoms with Gasteiger partial charge in [0.05, 0.1) is 0 Å². The number of halogens is 2. The van der Waals surface area contributed by atoms with Gasteiger partial charge in [-0.2, -0.15) is 23.5 Å². The lowest BCUT2D eigenvalue weighted by Gasteiger charge is -2.35. The Morgan fingerprint density at radius 3 is 2.86 bits per heavy atom. The third kappa shape index (κ3) is 5.15. The van der Waals surface area contributed by atoms with Gasteiger partial charge in [0, 0.05) is 32.5 Å². The highest BCUT2D eigenvalue weighted by Crippen LogP contribution is 2.34. The van der Waals surface area contributed by atoms with Crippen molar-refractivity contribution in [2.75, 3.05) is 18.1 Å². The molecule has 0 bridgehead atoms. The number of nitrogens with one attached hydrogen (secondary N) is 1. The highest BCUT2D eigenvalue weighted by molar-refractivity contribution is 9.10. The second kappa shape index (κ2) is 8.80. The molecule has 3 unspecified atom stereocenters. The van der Waals surface area contributed by atoms with E-state index in [2.05, 4.69) is 58.6 Å². The molecule has 1 N–H and O–H groups in total. The Kier molecular flexibility index (Phi) is 7.39. The summed E-state index contributed by atoms with van der Waals surface area (Å²) in [5, 5.41) is 4.92. The summed E-state index contributed by atoms with van der Waals surface area (Å²) in [4.78, 5) is 0. The summed E-state index contributed by atoms with van der Waals surface area (Å²) < 4.78 is 14.5. The molecule has 2 rings (SSSR count). The summed E-state index contributed by atoms with van der Waals surface area (Å²) in [6.45, 7) is 5.53. The van der Waals surface area contributed by atoms with Crippen LogP contribution in [0.5, 0.6) is 0 Å². The summed E-state index contributed by atoms with van der Waals surface area (Å²) in [5.74, 6) is 2.31. The number of hydrogen-bond acceptors (Lipinski definition) is 3. The van der Waals surface area contributed by atoms with Crippen LogP contribution in [0.3, 0.4) is 0 Å². The van der Waals surface area contributed by atoms with Gasteiger partial charge in [0.2, 0.25) is 0 Å². The van der Waals surface area contributed by atoms with E-state index in [1.54, 1.807) is 6.07 Å². The van der Waals surface area contributed by atoms with Crippen LogP contribution in [0.2, 0.25) is 0 Å². The first-order chi connectivity index (χ1) is 10.1. The van der Waals surface area contributed by atoms with Gasteiger partial charge in [-0.3, -0.25) is 0 Å². The Bertz CT molecular complexity index is 458. The molecule has 1 aliphatic rings. The van der Waals surface area contributed by atoms with Crippen molar-refractivity contribution < 1.29 is 4.39 Å². The fourth-order valence-corrected chi connectivity index (χ4v) is 6.03. The highest BCUT2D eigenvalue weighted by Gasteiger charge is 2.30. The molecule has 118 valence electrons. The molecule has 5 heteroatoms. The van der Waals surface area contributed by atoms with Gasteiger partial charge < -0.3 is 5.32 Å². The lowest BCUT2D eigenvalue weighted by Crippen LogP contribution is -2.46. The zero-order chi connectivity index (χ0) is 15.2. The van der Waals surface area contributed by atoms with Crippen LogP contribution in [0.1, 0.15) is 25.8 Å². The molecule has 0 amide bonds. The quantitative estimate of drug-likeness (QED) is 0.751. The molecule has 0 saturated carbocycles. The molecule has 1 heterocycles. The lowest BCUT2D eigenvalue weighted by atomic mass is 10.0. The average Bonchev–Trinajstić information content (AvgIpc) is 2.48. The van der Waals surface area contributed by atoms with Crippen molar-refractivity contribution >= 4 is 39.5 Å². The molecule has 1 aromatic rings. The third-order valence-corrected chi connectivity index (χ3v) is 7.76. The van der Waals surface area contributed by atoms with Crippen molar-refractivity contribution in [1.29, 1.82) is 0 Å². The molecule has 0 radical (unpaired) electrons. The fourth-order valence-electron chi connectivity index (χ4n) is 2.66. The minimum atomic E-state index is -0.152. The molecule has 1 fully saturated rings. The van der Waals surface area contributed by atoms with Crippen molar-refractivity contribution in [3.05, 3.63) is 34.1 Å². The standard InChI is InChI=1S/C16H23BrFNS2/c1-3-6-19-15(16-11(2)20-7-8-21-16)10-12-9-13(18)4-5-14(12)17/h4-5,9,11,15-16,19H,3,6-8,10H2,1-2H3. The van der Waals surface area contributed by atoms with E-state index >= 15 is 0 Å². The Morgan fingerprint density at radius 1 is 1.38 bits per heavy atom. The second-order valence-electron chi connectivity index (χ2n) is 5.41. The fraction of sp³-hybridized carbons (Fsp3) is 0.625. The van der Waals surface area contributed by atoms with Crippen LogP contribution in [0.25, 0.3) is 0 Å². The van der Waals surface area contributed by atoms with E-state index in [1.807, 2.05) is 6.07 Å². The molecule has 1 aliphatic heterocycles. The predicted molar refractivity (Wildman–Crippen MR) is 98.1 cm³/mol. The van der Waals surface area contributed by atoms with Gasteiger partial charge in [-0.15, -0.1) is 0 Å². The van der Waals surface area contributed by atoms with Crippen LogP contribution in [0.15, 0.2) is 22.7 Å². The second-order valence-corrected chi connectivity index (χ2v) is 9.04. The number of rotatable bonds is 6. The summed E-state index contributed by atoms with van der Waals surface area (Å²) in [6.07, 6.45) is 2.00. The van der Waals surface area contributed by atoms with E-state index in [9.17, 15) is 4.39 Å². The summed E-state index contributed by atoms with van der Waals surface area (Å²) >= 11 is 7.69. The van der Waals surface area contributed by atoms with Gasteiger partial charge >= 0.3 is 0 Å². The summed E-state index contributed by atoms with van der Waals surface area (Å²) in [5.41, 5.74) is 1.06. The molecule has 1 nitrogen and oxygen atoms in total. The molecule has 1 saturated heterocycles. The van der Waals surface area contributed by atoms with Crippen LogP contribution in [-0.2, 0) is 6.42 Å². The SMILES string of the molecule is CCCNC(Cc1cc(F)ccc1Br)C1SCCSC1C. The Morgan fingerprint density at radius 2 is 2.14 bits per heavy atom. The summed E-state index contributed by atoms with van der Waals surface area (Å²) in [7, 11) is 0. The first kappa shape index (κ1) is 17.6. The minimum Gasteiger partial charge on any atom is -0.313 e. The first-order valence-corrected chi connectivity index (χ1v) is 10.4. The zero-order valence-electron chi connectivity index (χ0n) is 12.6. The van der Waals surface area contributed by atoms with E-state index in [0.29, 0.717) is 16.5 Å². The van der Waals surface area contributed by atoms with Crippen LogP contribution >= 0.6 is 39.5 Å². The van der Waals surface area contributed by atoms with Crippen molar-refractivity contribution in [3.63, 3.8) is 0 Å². The van der Waals surface area contributed by atoms with E-state index < -0.39 is 0 Å². The number of thioether (sulfide) groups is 2. The third-order valence-electron chi connectivity index (χ3n) is 3.74. The predicted octanol–water partition coefficient (Wildman–Crippen LogP) is 4.74.